The molecule has 3 aromatic heterocycles. The number of aromatic nitrogens is 3. The van der Waals surface area contributed by atoms with E-state index in [1.54, 1.807) is 12.1 Å². The van der Waals surface area contributed by atoms with Crippen LogP contribution in [-0.2, 0) is 29.2 Å². The van der Waals surface area contributed by atoms with Crippen molar-refractivity contribution >= 4 is 11.9 Å². The van der Waals surface area contributed by atoms with E-state index in [0.717, 1.165) is 43.2 Å². The minimum atomic E-state index is -5.08. The van der Waals surface area contributed by atoms with Crippen LogP contribution in [0.4, 0.5) is 26.3 Å². The van der Waals surface area contributed by atoms with Crippen LogP contribution >= 0.6 is 0 Å². The first-order valence-corrected chi connectivity index (χ1v) is 11.4. The Bertz CT molecular complexity index is 1320. The fourth-order valence-electron chi connectivity index (χ4n) is 3.46. The second-order valence-corrected chi connectivity index (χ2v) is 8.47. The maximum atomic E-state index is 10.6. The Morgan fingerprint density at radius 1 is 1.10 bits per heavy atom. The lowest BCUT2D eigenvalue weighted by atomic mass is 10.2. The number of alkyl halides is 6. The molecule has 1 aliphatic rings. The third-order valence-electron chi connectivity index (χ3n) is 5.37. The standard InChI is InChI=1S/C20H21N5O2.2C2HF3O2/c1-14-19(15(2)27-23-14)13-24-10-17-4-3-7-25(17)12-18(11-24)26-20-6-5-16(8-21)9-22-20;2*3-2(4,5)1(6)7/h3-7,9,18H,10-13H2,1-2H3;2*(H,6,7). The SMILES string of the molecule is Cc1noc(C)c1CN1Cc2cccn2CC(Oc2ccc(C#N)cn2)C1.O=C(O)C(F)(F)F.O=C(O)C(F)(F)F. The molecule has 0 aliphatic carbocycles. The van der Waals surface area contributed by atoms with Crippen molar-refractivity contribution in [2.75, 3.05) is 6.54 Å². The van der Waals surface area contributed by atoms with Crippen molar-refractivity contribution in [1.29, 1.82) is 5.26 Å². The van der Waals surface area contributed by atoms with Crippen LogP contribution in [0.2, 0.25) is 0 Å². The second kappa shape index (κ2) is 13.7. The van der Waals surface area contributed by atoms with E-state index in [0.29, 0.717) is 11.4 Å². The molecule has 1 atom stereocenters. The summed E-state index contributed by atoms with van der Waals surface area (Å²) >= 11 is 0. The average molecular weight is 591 g/mol. The Morgan fingerprint density at radius 2 is 1.71 bits per heavy atom. The van der Waals surface area contributed by atoms with Crippen LogP contribution in [0.5, 0.6) is 5.88 Å². The molecule has 1 aliphatic heterocycles. The minimum Gasteiger partial charge on any atom is -0.475 e. The van der Waals surface area contributed by atoms with Gasteiger partial charge in [-0.05, 0) is 32.0 Å². The minimum absolute atomic E-state index is 0.0560. The quantitative estimate of drug-likeness (QED) is 0.424. The van der Waals surface area contributed by atoms with Crippen LogP contribution in [0.3, 0.4) is 0 Å². The first-order chi connectivity index (χ1) is 19.0. The number of carbonyl (C=O) groups is 2. The predicted octanol–water partition coefficient (Wildman–Crippen LogP) is 4.09. The highest BCUT2D eigenvalue weighted by atomic mass is 19.4. The topological polar surface area (TPSA) is 155 Å². The molecule has 0 amide bonds. The first-order valence-electron chi connectivity index (χ1n) is 11.4. The van der Waals surface area contributed by atoms with E-state index in [-0.39, 0.29) is 6.10 Å². The number of rotatable bonds is 4. The summed E-state index contributed by atoms with van der Waals surface area (Å²) in [6.07, 6.45) is -6.61. The van der Waals surface area contributed by atoms with Gasteiger partial charge in [-0.15, -0.1) is 0 Å². The van der Waals surface area contributed by atoms with Gasteiger partial charge in [-0.2, -0.15) is 31.6 Å². The van der Waals surface area contributed by atoms with Gasteiger partial charge < -0.3 is 24.0 Å². The maximum Gasteiger partial charge on any atom is 0.490 e. The molecule has 0 fully saturated rings. The summed E-state index contributed by atoms with van der Waals surface area (Å²) in [7, 11) is 0. The predicted molar refractivity (Wildman–Crippen MR) is 125 cm³/mol. The van der Waals surface area contributed by atoms with E-state index in [2.05, 4.69) is 44.0 Å². The van der Waals surface area contributed by atoms with E-state index in [9.17, 15) is 26.3 Å². The molecule has 0 saturated carbocycles. The van der Waals surface area contributed by atoms with Crippen molar-refractivity contribution in [2.45, 2.75) is 51.9 Å². The van der Waals surface area contributed by atoms with Gasteiger partial charge in [0, 0.05) is 49.4 Å². The van der Waals surface area contributed by atoms with Gasteiger partial charge in [0.05, 0.1) is 17.8 Å². The van der Waals surface area contributed by atoms with Crippen molar-refractivity contribution < 1.29 is 55.4 Å². The van der Waals surface area contributed by atoms with E-state index in [1.807, 2.05) is 13.8 Å². The van der Waals surface area contributed by atoms with E-state index >= 15 is 0 Å². The highest BCUT2D eigenvalue weighted by Gasteiger charge is 2.38. The van der Waals surface area contributed by atoms with Crippen molar-refractivity contribution in [3.63, 3.8) is 0 Å². The van der Waals surface area contributed by atoms with Crippen LogP contribution in [-0.4, -0.2) is 66.8 Å². The number of ether oxygens (including phenoxy) is 1. The van der Waals surface area contributed by atoms with E-state index < -0.39 is 24.3 Å². The molecule has 41 heavy (non-hydrogen) atoms. The number of nitriles is 1. The number of hydrogen-bond acceptors (Lipinski definition) is 8. The molecule has 3 aromatic rings. The lowest BCUT2D eigenvalue weighted by molar-refractivity contribution is -0.193. The van der Waals surface area contributed by atoms with Crippen molar-refractivity contribution in [3.8, 4) is 11.9 Å². The Morgan fingerprint density at radius 3 is 2.17 bits per heavy atom. The molecule has 0 radical (unpaired) electrons. The number of aliphatic carboxylic acids is 2. The van der Waals surface area contributed by atoms with Crippen molar-refractivity contribution in [3.05, 3.63) is 64.9 Å². The lowest BCUT2D eigenvalue weighted by Crippen LogP contribution is -2.35. The van der Waals surface area contributed by atoms with Gasteiger partial charge in [0.15, 0.2) is 0 Å². The van der Waals surface area contributed by atoms with Gasteiger partial charge in [0.1, 0.15) is 17.9 Å². The van der Waals surface area contributed by atoms with Crippen LogP contribution in [0, 0.1) is 25.2 Å². The summed E-state index contributed by atoms with van der Waals surface area (Å²) < 4.78 is 77.2. The van der Waals surface area contributed by atoms with Crippen molar-refractivity contribution in [2.24, 2.45) is 0 Å². The second-order valence-electron chi connectivity index (χ2n) is 8.47. The van der Waals surface area contributed by atoms with Crippen LogP contribution in [0.1, 0.15) is 28.3 Å². The third-order valence-corrected chi connectivity index (χ3v) is 5.37. The van der Waals surface area contributed by atoms with Gasteiger partial charge in [-0.1, -0.05) is 5.16 Å². The lowest BCUT2D eigenvalue weighted by Gasteiger charge is -2.24. The van der Waals surface area contributed by atoms with Crippen molar-refractivity contribution in [1.82, 2.24) is 19.6 Å². The number of nitrogens with zero attached hydrogens (tertiary/aromatic N) is 5. The number of halogens is 6. The van der Waals surface area contributed by atoms with Crippen LogP contribution < -0.4 is 4.74 Å². The zero-order valence-corrected chi connectivity index (χ0v) is 21.4. The molecule has 2 N–H and O–H groups in total. The number of hydrogen-bond donors (Lipinski definition) is 2. The normalized spacial score (nSPS) is 15.1. The molecular formula is C24H23F6N5O6. The molecule has 11 nitrogen and oxygen atoms in total. The highest BCUT2D eigenvalue weighted by Crippen LogP contribution is 2.22. The Labute approximate surface area is 228 Å². The number of carboxylic acid groups (broad SMARTS) is 2. The first kappa shape index (κ1) is 32.6. The zero-order valence-electron chi connectivity index (χ0n) is 21.4. The summed E-state index contributed by atoms with van der Waals surface area (Å²) in [6, 6.07) is 9.75. The molecule has 0 bridgehead atoms. The molecule has 4 heterocycles. The Hall–Kier alpha value is -4.59. The molecule has 4 rings (SSSR count). The molecule has 222 valence electrons. The molecule has 0 aromatic carbocycles. The van der Waals surface area contributed by atoms with Gasteiger partial charge in [-0.25, -0.2) is 14.6 Å². The summed E-state index contributed by atoms with van der Waals surface area (Å²) in [4.78, 5) is 24.4. The summed E-state index contributed by atoms with van der Waals surface area (Å²) in [5, 5.41) is 27.2. The molecule has 1 unspecified atom stereocenters. The summed E-state index contributed by atoms with van der Waals surface area (Å²) in [6.45, 7) is 7.02. The van der Waals surface area contributed by atoms with Gasteiger partial charge in [0.2, 0.25) is 5.88 Å². The fraction of sp³-hybridized carbons (Fsp3) is 0.375. The average Bonchev–Trinajstić information content (AvgIpc) is 3.39. The third kappa shape index (κ3) is 10.1. The molecule has 17 heteroatoms. The highest BCUT2D eigenvalue weighted by molar-refractivity contribution is 5.73. The monoisotopic (exact) mass is 591 g/mol. The van der Waals surface area contributed by atoms with E-state index in [4.69, 9.17) is 34.3 Å². The fourth-order valence-corrected chi connectivity index (χ4v) is 3.46. The smallest absolute Gasteiger partial charge is 0.475 e. The van der Waals surface area contributed by atoms with Gasteiger partial charge >= 0.3 is 24.3 Å². The molecule has 0 spiro atoms. The van der Waals surface area contributed by atoms with Gasteiger partial charge in [-0.3, -0.25) is 4.90 Å². The largest absolute Gasteiger partial charge is 0.490 e. The van der Waals surface area contributed by atoms with Crippen LogP contribution in [0.25, 0.3) is 0 Å². The number of carboxylic acids is 2. The zero-order chi connectivity index (χ0) is 31.0. The molecular weight excluding hydrogens is 568 g/mol. The number of fused-ring (bicyclic) bond motifs is 1. The summed E-state index contributed by atoms with van der Waals surface area (Å²) in [5.74, 6) is -4.12. The van der Waals surface area contributed by atoms with E-state index in [1.165, 1.54) is 11.9 Å². The molecule has 0 saturated heterocycles. The number of pyridine rings is 1. The number of aryl methyl sites for hydroxylation is 2. The Balaban J connectivity index is 0.000000349. The maximum absolute atomic E-state index is 10.6. The summed E-state index contributed by atoms with van der Waals surface area (Å²) in [5.41, 5.74) is 3.83. The van der Waals surface area contributed by atoms with Gasteiger partial charge in [0.25, 0.3) is 0 Å². The van der Waals surface area contributed by atoms with Crippen LogP contribution in [0.15, 0.2) is 41.2 Å². The Kier molecular flexibility index (Phi) is 10.9.